The van der Waals surface area contributed by atoms with Crippen LogP contribution in [0.25, 0.3) is 10.9 Å². The Morgan fingerprint density at radius 1 is 1.00 bits per heavy atom. The van der Waals surface area contributed by atoms with Gasteiger partial charge in [0.05, 0.1) is 23.0 Å². The largest absolute Gasteiger partial charge is 0.507 e. The highest BCUT2D eigenvalue weighted by atomic mass is 16.6. The number of hydrogen-bond acceptors (Lipinski definition) is 6. The SMILES string of the molecule is O=C(O)c1ccc(O)c(/C=N/OC(c2ccc(OCc3ccc4ccccc4n3)cc2)C2CCCCC2)c1. The monoisotopic (exact) mass is 510 g/mol. The Morgan fingerprint density at radius 3 is 2.58 bits per heavy atom. The van der Waals surface area contributed by atoms with E-state index in [4.69, 9.17) is 9.57 Å². The van der Waals surface area contributed by atoms with Gasteiger partial charge in [-0.15, -0.1) is 0 Å². The molecule has 1 atom stereocenters. The van der Waals surface area contributed by atoms with Crippen LogP contribution in [0.5, 0.6) is 11.5 Å². The Bertz CT molecular complexity index is 1430. The molecule has 3 aromatic carbocycles. The summed E-state index contributed by atoms with van der Waals surface area (Å²) in [6.07, 6.45) is 6.72. The lowest BCUT2D eigenvalue weighted by Crippen LogP contribution is -2.17. The van der Waals surface area contributed by atoms with Gasteiger partial charge in [0, 0.05) is 16.9 Å². The van der Waals surface area contributed by atoms with Crippen molar-refractivity contribution in [1.82, 2.24) is 4.98 Å². The van der Waals surface area contributed by atoms with E-state index in [1.54, 1.807) is 0 Å². The minimum atomic E-state index is -1.07. The molecular formula is C31H30N2O5. The summed E-state index contributed by atoms with van der Waals surface area (Å²) in [5.41, 5.74) is 3.16. The van der Waals surface area contributed by atoms with Crippen molar-refractivity contribution in [2.45, 2.75) is 44.8 Å². The summed E-state index contributed by atoms with van der Waals surface area (Å²) in [4.78, 5) is 21.9. The zero-order valence-electron chi connectivity index (χ0n) is 21.0. The van der Waals surface area contributed by atoms with Gasteiger partial charge in [0.25, 0.3) is 0 Å². The summed E-state index contributed by atoms with van der Waals surface area (Å²) in [6.45, 7) is 0.371. The van der Waals surface area contributed by atoms with Gasteiger partial charge in [-0.05, 0) is 60.9 Å². The first-order valence-corrected chi connectivity index (χ1v) is 12.9. The fourth-order valence-electron chi connectivity index (χ4n) is 4.90. The Morgan fingerprint density at radius 2 is 1.79 bits per heavy atom. The first-order valence-electron chi connectivity index (χ1n) is 12.9. The summed E-state index contributed by atoms with van der Waals surface area (Å²) < 4.78 is 6.00. The third kappa shape index (κ3) is 6.11. The molecule has 1 saturated carbocycles. The number of para-hydroxylation sites is 1. The van der Waals surface area contributed by atoms with Gasteiger partial charge in [-0.25, -0.2) is 9.78 Å². The highest BCUT2D eigenvalue weighted by Crippen LogP contribution is 2.37. The summed E-state index contributed by atoms with van der Waals surface area (Å²) in [5.74, 6) is -0.0724. The van der Waals surface area contributed by atoms with Crippen LogP contribution >= 0.6 is 0 Å². The number of rotatable bonds is 9. The third-order valence-corrected chi connectivity index (χ3v) is 6.97. The normalized spacial score (nSPS) is 14.9. The number of pyridine rings is 1. The van der Waals surface area contributed by atoms with Crippen LogP contribution in [0.4, 0.5) is 0 Å². The van der Waals surface area contributed by atoms with Crippen LogP contribution in [0.15, 0.2) is 84.0 Å². The van der Waals surface area contributed by atoms with Crippen molar-refractivity contribution in [3.63, 3.8) is 0 Å². The number of aromatic hydroxyl groups is 1. The fourth-order valence-corrected chi connectivity index (χ4v) is 4.90. The van der Waals surface area contributed by atoms with E-state index in [1.165, 1.54) is 30.8 Å². The second-order valence-corrected chi connectivity index (χ2v) is 9.59. The van der Waals surface area contributed by atoms with Crippen molar-refractivity contribution in [2.75, 3.05) is 0 Å². The summed E-state index contributed by atoms with van der Waals surface area (Å²) >= 11 is 0. The molecule has 1 unspecified atom stereocenters. The molecule has 0 amide bonds. The molecule has 0 bridgehead atoms. The average molecular weight is 511 g/mol. The molecule has 2 N–H and O–H groups in total. The van der Waals surface area contributed by atoms with Crippen LogP contribution in [0.1, 0.15) is 65.4 Å². The number of fused-ring (bicyclic) bond motifs is 1. The molecule has 0 saturated heterocycles. The topological polar surface area (TPSA) is 101 Å². The van der Waals surface area contributed by atoms with E-state index >= 15 is 0 Å². The summed E-state index contributed by atoms with van der Waals surface area (Å²) in [6, 6.07) is 24.0. The van der Waals surface area contributed by atoms with Gasteiger partial charge in [0.15, 0.2) is 6.10 Å². The second kappa shape index (κ2) is 11.8. The molecule has 1 aliphatic carbocycles. The number of benzene rings is 3. The van der Waals surface area contributed by atoms with Crippen molar-refractivity contribution in [3.8, 4) is 11.5 Å². The molecule has 5 rings (SSSR count). The lowest BCUT2D eigenvalue weighted by Gasteiger charge is -2.28. The van der Waals surface area contributed by atoms with E-state index in [0.717, 1.165) is 53.6 Å². The zero-order valence-corrected chi connectivity index (χ0v) is 21.0. The third-order valence-electron chi connectivity index (χ3n) is 6.97. The molecule has 38 heavy (non-hydrogen) atoms. The number of hydrogen-bond donors (Lipinski definition) is 2. The van der Waals surface area contributed by atoms with Crippen molar-refractivity contribution in [3.05, 3.63) is 101 Å². The van der Waals surface area contributed by atoms with E-state index in [0.29, 0.717) is 18.1 Å². The second-order valence-electron chi connectivity index (χ2n) is 9.59. The molecule has 7 heteroatoms. The lowest BCUT2D eigenvalue weighted by molar-refractivity contribution is 0.00272. The van der Waals surface area contributed by atoms with Crippen LogP contribution in [0, 0.1) is 5.92 Å². The van der Waals surface area contributed by atoms with Crippen LogP contribution in [-0.4, -0.2) is 27.4 Å². The van der Waals surface area contributed by atoms with Gasteiger partial charge in [-0.3, -0.25) is 0 Å². The van der Waals surface area contributed by atoms with Gasteiger partial charge in [-0.2, -0.15) is 0 Å². The van der Waals surface area contributed by atoms with E-state index < -0.39 is 5.97 Å². The van der Waals surface area contributed by atoms with E-state index in [1.807, 2.05) is 54.6 Å². The number of oxime groups is 1. The lowest BCUT2D eigenvalue weighted by atomic mass is 9.83. The smallest absolute Gasteiger partial charge is 0.335 e. The van der Waals surface area contributed by atoms with Crippen LogP contribution < -0.4 is 4.74 Å². The maximum Gasteiger partial charge on any atom is 0.335 e. The number of carboxylic acids is 1. The molecule has 0 spiro atoms. The number of aromatic carboxylic acids is 1. The summed E-state index contributed by atoms with van der Waals surface area (Å²) in [7, 11) is 0. The molecule has 7 nitrogen and oxygen atoms in total. The maximum absolute atomic E-state index is 11.3. The van der Waals surface area contributed by atoms with Gasteiger partial charge < -0.3 is 19.8 Å². The Labute approximate surface area is 221 Å². The molecule has 4 aromatic rings. The number of nitrogens with zero attached hydrogens (tertiary/aromatic N) is 2. The van der Waals surface area contributed by atoms with E-state index in [2.05, 4.69) is 16.2 Å². The first kappa shape index (κ1) is 25.3. The van der Waals surface area contributed by atoms with Gasteiger partial charge in [0.2, 0.25) is 0 Å². The minimum Gasteiger partial charge on any atom is -0.507 e. The minimum absolute atomic E-state index is 0.0565. The maximum atomic E-state index is 11.3. The standard InChI is InChI=1S/C31H30N2O5/c34-29-17-13-24(31(35)36)18-25(29)19-32-38-30(22-7-2-1-3-8-22)23-11-15-27(16-12-23)37-20-26-14-10-21-6-4-5-9-28(21)33-26/h4-6,9-19,22,30,34H,1-3,7-8,20H2,(H,35,36)/b32-19+. The van der Waals surface area contributed by atoms with Gasteiger partial charge >= 0.3 is 5.97 Å². The average Bonchev–Trinajstić information content (AvgIpc) is 2.96. The highest BCUT2D eigenvalue weighted by Gasteiger charge is 2.27. The molecule has 1 aromatic heterocycles. The van der Waals surface area contributed by atoms with Crippen molar-refractivity contribution in [2.24, 2.45) is 11.1 Å². The Hall–Kier alpha value is -4.39. The first-order chi connectivity index (χ1) is 18.6. The quantitative estimate of drug-likeness (QED) is 0.188. The van der Waals surface area contributed by atoms with Crippen LogP contribution in [0.3, 0.4) is 0 Å². The molecule has 0 aliphatic heterocycles. The van der Waals surface area contributed by atoms with Crippen LogP contribution in [0.2, 0.25) is 0 Å². The predicted octanol–water partition coefficient (Wildman–Crippen LogP) is 6.89. The highest BCUT2D eigenvalue weighted by molar-refractivity contribution is 5.92. The predicted molar refractivity (Wildman–Crippen MR) is 146 cm³/mol. The zero-order chi connectivity index (χ0) is 26.3. The molecule has 0 radical (unpaired) electrons. The molecule has 1 heterocycles. The Kier molecular flexibility index (Phi) is 7.83. The molecule has 194 valence electrons. The number of phenolic OH excluding ortho intramolecular Hbond substituents is 1. The van der Waals surface area contributed by atoms with Crippen molar-refractivity contribution >= 4 is 23.1 Å². The molecule has 1 aliphatic rings. The number of carboxylic acid groups (broad SMARTS) is 1. The van der Waals surface area contributed by atoms with Gasteiger partial charge in [0.1, 0.15) is 18.1 Å². The number of ether oxygens (including phenoxy) is 1. The van der Waals surface area contributed by atoms with Gasteiger partial charge in [-0.1, -0.05) is 60.8 Å². The number of phenols is 1. The van der Waals surface area contributed by atoms with Crippen molar-refractivity contribution in [1.29, 1.82) is 0 Å². The van der Waals surface area contributed by atoms with Crippen molar-refractivity contribution < 1.29 is 24.6 Å². The number of aromatic nitrogens is 1. The van der Waals surface area contributed by atoms with Crippen LogP contribution in [-0.2, 0) is 11.4 Å². The molecular weight excluding hydrogens is 480 g/mol. The Balaban J connectivity index is 1.28. The fraction of sp³-hybridized carbons (Fsp3) is 0.258. The van der Waals surface area contributed by atoms with E-state index in [9.17, 15) is 15.0 Å². The van der Waals surface area contributed by atoms with E-state index in [-0.39, 0.29) is 17.4 Å². The molecule has 1 fully saturated rings. The summed E-state index contributed by atoms with van der Waals surface area (Å²) in [5, 5.41) is 24.6. The number of carbonyl (C=O) groups is 1.